The summed E-state index contributed by atoms with van der Waals surface area (Å²) in [5, 5.41) is 5.68. The molecule has 2 aromatic carbocycles. The molecule has 6 rings (SSSR count). The third-order valence-electron chi connectivity index (χ3n) is 6.08. The molecule has 0 unspecified atom stereocenters. The van der Waals surface area contributed by atoms with E-state index in [4.69, 9.17) is 9.72 Å². The van der Waals surface area contributed by atoms with Crippen molar-refractivity contribution in [2.75, 3.05) is 37.7 Å². The molecular weight excluding hydrogens is 376 g/mol. The highest BCUT2D eigenvalue weighted by Crippen LogP contribution is 2.27. The van der Waals surface area contributed by atoms with Crippen molar-refractivity contribution in [3.05, 3.63) is 59.4 Å². The van der Waals surface area contributed by atoms with Crippen molar-refractivity contribution >= 4 is 22.5 Å². The summed E-state index contributed by atoms with van der Waals surface area (Å²) in [5.41, 5.74) is 4.56. The number of anilines is 1. The fourth-order valence-corrected chi connectivity index (χ4v) is 4.55. The first-order valence-corrected chi connectivity index (χ1v) is 10.6. The summed E-state index contributed by atoms with van der Waals surface area (Å²) in [7, 11) is 0. The molecule has 1 fully saturated rings. The van der Waals surface area contributed by atoms with Gasteiger partial charge in [-0.2, -0.15) is 4.52 Å². The lowest BCUT2D eigenvalue weighted by Crippen LogP contribution is -2.47. The fourth-order valence-electron chi connectivity index (χ4n) is 4.55. The van der Waals surface area contributed by atoms with Crippen molar-refractivity contribution in [2.24, 2.45) is 0 Å². The highest BCUT2D eigenvalue weighted by atomic mass is 16.5. The van der Waals surface area contributed by atoms with Gasteiger partial charge >= 0.3 is 0 Å². The van der Waals surface area contributed by atoms with E-state index in [1.54, 1.807) is 0 Å². The normalized spacial score (nSPS) is 16.9. The van der Waals surface area contributed by atoms with E-state index in [2.05, 4.69) is 50.2 Å². The molecule has 0 N–H and O–H groups in total. The number of aryl methyl sites for hydroxylation is 1. The zero-order valence-corrected chi connectivity index (χ0v) is 17.1. The molecule has 0 amide bonds. The lowest BCUT2D eigenvalue weighted by molar-refractivity contribution is 0.248. The SMILES string of the molecule is Cc1nc2c3ccccc3nc(N3CCN(Cc4ccc5c(c4)CCO5)CC3)n2n1. The molecule has 0 aliphatic carbocycles. The third kappa shape index (κ3) is 2.97. The summed E-state index contributed by atoms with van der Waals surface area (Å²) in [4.78, 5) is 14.5. The van der Waals surface area contributed by atoms with Crippen LogP contribution in [-0.2, 0) is 13.0 Å². The van der Waals surface area contributed by atoms with Crippen LogP contribution in [-0.4, -0.2) is 57.3 Å². The van der Waals surface area contributed by atoms with Gasteiger partial charge in [-0.05, 0) is 36.2 Å². The molecule has 0 bridgehead atoms. The number of benzene rings is 2. The van der Waals surface area contributed by atoms with Crippen LogP contribution in [0.15, 0.2) is 42.5 Å². The summed E-state index contributed by atoms with van der Waals surface area (Å²) in [6.07, 6.45) is 1.03. The Kier molecular flexibility index (Phi) is 4.09. The number of ether oxygens (including phenoxy) is 1. The topological polar surface area (TPSA) is 58.8 Å². The van der Waals surface area contributed by atoms with Crippen LogP contribution in [0.3, 0.4) is 0 Å². The van der Waals surface area contributed by atoms with Gasteiger partial charge in [0.05, 0.1) is 12.1 Å². The van der Waals surface area contributed by atoms with Gasteiger partial charge in [0.25, 0.3) is 0 Å². The van der Waals surface area contributed by atoms with E-state index < -0.39 is 0 Å². The van der Waals surface area contributed by atoms with E-state index in [0.29, 0.717) is 0 Å². The molecule has 2 aliphatic heterocycles. The second-order valence-corrected chi connectivity index (χ2v) is 8.13. The van der Waals surface area contributed by atoms with Crippen molar-refractivity contribution in [3.63, 3.8) is 0 Å². The van der Waals surface area contributed by atoms with Gasteiger partial charge in [-0.3, -0.25) is 4.90 Å². The number of hydrogen-bond acceptors (Lipinski definition) is 6. The first-order valence-electron chi connectivity index (χ1n) is 10.6. The second kappa shape index (κ2) is 6.95. The maximum atomic E-state index is 5.63. The number of fused-ring (bicyclic) bond motifs is 4. The zero-order valence-electron chi connectivity index (χ0n) is 17.1. The third-order valence-corrected chi connectivity index (χ3v) is 6.08. The predicted molar refractivity (Wildman–Crippen MR) is 116 cm³/mol. The molecule has 30 heavy (non-hydrogen) atoms. The Morgan fingerprint density at radius 2 is 1.87 bits per heavy atom. The van der Waals surface area contributed by atoms with Crippen LogP contribution in [0.25, 0.3) is 16.6 Å². The molecule has 0 radical (unpaired) electrons. The predicted octanol–water partition coefficient (Wildman–Crippen LogP) is 2.84. The van der Waals surface area contributed by atoms with E-state index in [1.807, 2.05) is 23.6 Å². The van der Waals surface area contributed by atoms with Crippen LogP contribution < -0.4 is 9.64 Å². The van der Waals surface area contributed by atoms with Gasteiger partial charge in [0, 0.05) is 44.5 Å². The number of hydrogen-bond donors (Lipinski definition) is 0. The molecule has 2 aromatic heterocycles. The van der Waals surface area contributed by atoms with Gasteiger partial charge in [0.2, 0.25) is 5.95 Å². The van der Waals surface area contributed by atoms with E-state index in [-0.39, 0.29) is 0 Å². The molecule has 1 saturated heterocycles. The first-order chi connectivity index (χ1) is 14.7. The van der Waals surface area contributed by atoms with Crippen LogP contribution >= 0.6 is 0 Å². The van der Waals surface area contributed by atoms with Gasteiger partial charge in [0.1, 0.15) is 11.6 Å². The average Bonchev–Trinajstić information content (AvgIpc) is 3.39. The molecular formula is C23H24N6O. The highest BCUT2D eigenvalue weighted by Gasteiger charge is 2.23. The van der Waals surface area contributed by atoms with Crippen LogP contribution in [0.5, 0.6) is 5.75 Å². The van der Waals surface area contributed by atoms with Crippen molar-refractivity contribution in [1.82, 2.24) is 24.5 Å². The fraction of sp³-hybridized carbons (Fsp3) is 0.348. The van der Waals surface area contributed by atoms with Crippen molar-refractivity contribution in [2.45, 2.75) is 19.9 Å². The molecule has 0 atom stereocenters. The molecule has 7 heteroatoms. The minimum atomic E-state index is 0.772. The molecule has 2 aliphatic rings. The quantitative estimate of drug-likeness (QED) is 0.527. The van der Waals surface area contributed by atoms with Crippen molar-refractivity contribution < 1.29 is 4.74 Å². The van der Waals surface area contributed by atoms with E-state index in [9.17, 15) is 0 Å². The molecule has 0 spiro atoms. The number of rotatable bonds is 3. The smallest absolute Gasteiger partial charge is 0.229 e. The minimum absolute atomic E-state index is 0.772. The van der Waals surface area contributed by atoms with E-state index in [1.165, 1.54) is 11.1 Å². The van der Waals surface area contributed by atoms with Gasteiger partial charge in [-0.25, -0.2) is 9.97 Å². The summed E-state index contributed by atoms with van der Waals surface area (Å²) < 4.78 is 7.54. The number of nitrogens with zero attached hydrogens (tertiary/aromatic N) is 6. The number of para-hydroxylation sites is 1. The highest BCUT2D eigenvalue weighted by molar-refractivity contribution is 5.92. The molecule has 4 aromatic rings. The maximum Gasteiger partial charge on any atom is 0.229 e. The maximum absolute atomic E-state index is 5.63. The molecule has 4 heterocycles. The standard InChI is InChI=1S/C23H24N6O/c1-16-24-22-19-4-2-3-5-20(19)25-23(29(22)26-16)28-11-9-27(10-12-28)15-17-6-7-21-18(14-17)8-13-30-21/h2-7,14H,8-13,15H2,1H3. The summed E-state index contributed by atoms with van der Waals surface area (Å²) in [6.45, 7) is 7.57. The van der Waals surface area contributed by atoms with Gasteiger partial charge in [0.15, 0.2) is 5.65 Å². The van der Waals surface area contributed by atoms with E-state index in [0.717, 1.165) is 79.8 Å². The largest absolute Gasteiger partial charge is 0.493 e. The van der Waals surface area contributed by atoms with Gasteiger partial charge in [-0.15, -0.1) is 5.10 Å². The van der Waals surface area contributed by atoms with Crippen LogP contribution in [0.2, 0.25) is 0 Å². The summed E-state index contributed by atoms with van der Waals surface area (Å²) in [6, 6.07) is 14.8. The molecule has 0 saturated carbocycles. The molecule has 152 valence electrons. The van der Waals surface area contributed by atoms with Gasteiger partial charge < -0.3 is 9.64 Å². The summed E-state index contributed by atoms with van der Waals surface area (Å²) in [5.74, 6) is 2.71. The van der Waals surface area contributed by atoms with Crippen LogP contribution in [0.4, 0.5) is 5.95 Å². The molecule has 7 nitrogen and oxygen atoms in total. The minimum Gasteiger partial charge on any atom is -0.493 e. The van der Waals surface area contributed by atoms with Crippen molar-refractivity contribution in [3.8, 4) is 5.75 Å². The lowest BCUT2D eigenvalue weighted by atomic mass is 10.1. The second-order valence-electron chi connectivity index (χ2n) is 8.13. The first kappa shape index (κ1) is 17.7. The Bertz CT molecular complexity index is 1240. The average molecular weight is 400 g/mol. The number of piperazine rings is 1. The van der Waals surface area contributed by atoms with Gasteiger partial charge in [-0.1, -0.05) is 24.3 Å². The lowest BCUT2D eigenvalue weighted by Gasteiger charge is -2.35. The Balaban J connectivity index is 1.23. The zero-order chi connectivity index (χ0) is 20.1. The Morgan fingerprint density at radius 1 is 1.00 bits per heavy atom. The number of aromatic nitrogens is 4. The summed E-state index contributed by atoms with van der Waals surface area (Å²) >= 11 is 0. The Morgan fingerprint density at radius 3 is 2.77 bits per heavy atom. The Hall–Kier alpha value is -3.19. The Labute approximate surface area is 174 Å². The van der Waals surface area contributed by atoms with E-state index >= 15 is 0 Å². The van der Waals surface area contributed by atoms with Crippen LogP contribution in [0, 0.1) is 6.92 Å². The monoisotopic (exact) mass is 400 g/mol. The van der Waals surface area contributed by atoms with Crippen LogP contribution in [0.1, 0.15) is 17.0 Å². The van der Waals surface area contributed by atoms with Crippen molar-refractivity contribution in [1.29, 1.82) is 0 Å².